The number of carbonyl (C=O) groups is 1. The number of hydrogen-bond acceptors (Lipinski definition) is 9. The molecule has 212 valence electrons. The lowest BCUT2D eigenvalue weighted by Crippen LogP contribution is -2.36. The van der Waals surface area contributed by atoms with Crippen molar-refractivity contribution in [3.63, 3.8) is 0 Å². The molecule has 0 saturated carbocycles. The maximum atomic E-state index is 13.4. The molecule has 4 aromatic rings. The lowest BCUT2D eigenvalue weighted by molar-refractivity contribution is -0.129. The molecular weight excluding hydrogens is 582 g/mol. The standard InChI is InChI=1S/C29H28ClN5O4S2/c1-16-32-33-24-13-31-27(18-7-5-6-8-20(18)30)26-19-9-10-34(14-23(19)41-29(26)35(16)24)25(36)15-40-17-11-21(37-2)28(39-4)22(12-17)38-3/h5-8,11-12H,9-10,13-15H2,1-4H3. The van der Waals surface area contributed by atoms with Crippen molar-refractivity contribution < 1.29 is 19.0 Å². The van der Waals surface area contributed by atoms with E-state index in [-0.39, 0.29) is 5.91 Å². The van der Waals surface area contributed by atoms with Gasteiger partial charge in [0.2, 0.25) is 11.7 Å². The van der Waals surface area contributed by atoms with E-state index >= 15 is 0 Å². The quantitative estimate of drug-likeness (QED) is 0.261. The number of aryl methyl sites for hydroxylation is 1. The Balaban J connectivity index is 1.28. The number of aliphatic imine (C=N–C) groups is 1. The minimum Gasteiger partial charge on any atom is -0.493 e. The summed E-state index contributed by atoms with van der Waals surface area (Å²) in [5.41, 5.74) is 4.04. The molecule has 2 aliphatic heterocycles. The molecule has 0 atom stereocenters. The average molecular weight is 610 g/mol. The normalized spacial score (nSPS) is 14.0. The molecule has 41 heavy (non-hydrogen) atoms. The number of aromatic nitrogens is 3. The van der Waals surface area contributed by atoms with Gasteiger partial charge in [-0.05, 0) is 37.1 Å². The van der Waals surface area contributed by atoms with E-state index in [1.807, 2.05) is 48.2 Å². The molecule has 9 nitrogen and oxygen atoms in total. The summed E-state index contributed by atoms with van der Waals surface area (Å²) in [7, 11) is 4.73. The van der Waals surface area contributed by atoms with E-state index in [1.165, 1.54) is 17.3 Å². The summed E-state index contributed by atoms with van der Waals surface area (Å²) in [5, 5.41) is 10.4. The number of hydrogen-bond donors (Lipinski definition) is 0. The molecular formula is C29H28ClN5O4S2. The number of thioether (sulfide) groups is 1. The summed E-state index contributed by atoms with van der Waals surface area (Å²) in [6.07, 6.45) is 0.724. The van der Waals surface area contributed by atoms with Crippen molar-refractivity contribution in [2.24, 2.45) is 4.99 Å². The van der Waals surface area contributed by atoms with Gasteiger partial charge in [0.25, 0.3) is 0 Å². The number of amides is 1. The van der Waals surface area contributed by atoms with Gasteiger partial charge in [0.1, 0.15) is 17.4 Å². The first kappa shape index (κ1) is 27.6. The summed E-state index contributed by atoms with van der Waals surface area (Å²) in [6, 6.07) is 11.5. The maximum Gasteiger partial charge on any atom is 0.233 e. The third-order valence-corrected chi connectivity index (χ3v) is 9.72. The lowest BCUT2D eigenvalue weighted by Gasteiger charge is -2.27. The van der Waals surface area contributed by atoms with E-state index < -0.39 is 0 Å². The third-order valence-electron chi connectivity index (χ3n) is 7.23. The Morgan fingerprint density at radius 3 is 2.56 bits per heavy atom. The van der Waals surface area contributed by atoms with Crippen LogP contribution in [0, 0.1) is 6.92 Å². The molecule has 12 heteroatoms. The Bertz CT molecular complexity index is 1660. The van der Waals surface area contributed by atoms with Gasteiger partial charge in [-0.3, -0.25) is 14.4 Å². The highest BCUT2D eigenvalue weighted by Gasteiger charge is 2.33. The maximum absolute atomic E-state index is 13.4. The fraction of sp³-hybridized carbons (Fsp3) is 0.310. The highest BCUT2D eigenvalue weighted by Crippen LogP contribution is 2.42. The van der Waals surface area contributed by atoms with E-state index in [0.29, 0.717) is 47.7 Å². The van der Waals surface area contributed by atoms with Crippen molar-refractivity contribution in [3.05, 3.63) is 74.6 Å². The number of carbonyl (C=O) groups excluding carboxylic acids is 1. The molecule has 0 fully saturated rings. The number of nitrogens with zero attached hydrogens (tertiary/aromatic N) is 5. The van der Waals surface area contributed by atoms with Gasteiger partial charge in [0.15, 0.2) is 17.3 Å². The monoisotopic (exact) mass is 609 g/mol. The zero-order valence-electron chi connectivity index (χ0n) is 23.1. The number of methoxy groups -OCH3 is 3. The predicted octanol–water partition coefficient (Wildman–Crippen LogP) is 5.34. The zero-order chi connectivity index (χ0) is 28.7. The van der Waals surface area contributed by atoms with Crippen LogP contribution in [0.2, 0.25) is 5.02 Å². The summed E-state index contributed by atoms with van der Waals surface area (Å²) < 4.78 is 18.4. The second kappa shape index (κ2) is 11.4. The first-order valence-electron chi connectivity index (χ1n) is 13.0. The van der Waals surface area contributed by atoms with Crippen molar-refractivity contribution in [1.29, 1.82) is 0 Å². The number of halogens is 1. The molecule has 0 bridgehead atoms. The molecule has 0 saturated heterocycles. The number of rotatable bonds is 7. The van der Waals surface area contributed by atoms with Crippen LogP contribution >= 0.6 is 34.7 Å². The fourth-order valence-electron chi connectivity index (χ4n) is 5.26. The van der Waals surface area contributed by atoms with Crippen molar-refractivity contribution in [3.8, 4) is 22.2 Å². The van der Waals surface area contributed by atoms with Gasteiger partial charge < -0.3 is 19.1 Å². The van der Waals surface area contributed by atoms with Crippen LogP contribution in [0.3, 0.4) is 0 Å². The molecule has 2 aromatic carbocycles. The highest BCUT2D eigenvalue weighted by atomic mass is 35.5. The Hall–Kier alpha value is -3.54. The molecule has 1 amide bonds. The van der Waals surface area contributed by atoms with Crippen LogP contribution in [-0.2, 0) is 24.3 Å². The number of benzene rings is 2. The van der Waals surface area contributed by atoms with Crippen LogP contribution in [-0.4, -0.2) is 64.9 Å². The van der Waals surface area contributed by atoms with Gasteiger partial charge >= 0.3 is 0 Å². The van der Waals surface area contributed by atoms with E-state index in [2.05, 4.69) is 14.8 Å². The van der Waals surface area contributed by atoms with Crippen LogP contribution in [0.25, 0.3) is 5.00 Å². The van der Waals surface area contributed by atoms with Crippen molar-refractivity contribution in [2.75, 3.05) is 33.6 Å². The van der Waals surface area contributed by atoms with Gasteiger partial charge in [-0.1, -0.05) is 29.8 Å². The van der Waals surface area contributed by atoms with Crippen molar-refractivity contribution >= 4 is 46.3 Å². The summed E-state index contributed by atoms with van der Waals surface area (Å²) in [5.74, 6) is 3.61. The first-order valence-corrected chi connectivity index (χ1v) is 15.2. The van der Waals surface area contributed by atoms with Crippen LogP contribution in [0.15, 0.2) is 46.3 Å². The topological polar surface area (TPSA) is 91.1 Å². The molecule has 4 heterocycles. The Morgan fingerprint density at radius 1 is 1.10 bits per heavy atom. The Morgan fingerprint density at radius 2 is 1.85 bits per heavy atom. The van der Waals surface area contributed by atoms with E-state index in [0.717, 1.165) is 49.7 Å². The van der Waals surface area contributed by atoms with Gasteiger partial charge in [0, 0.05) is 32.5 Å². The molecule has 0 radical (unpaired) electrons. The fourth-order valence-corrected chi connectivity index (χ4v) is 7.77. The summed E-state index contributed by atoms with van der Waals surface area (Å²) in [4.78, 5) is 22.3. The van der Waals surface area contributed by atoms with Gasteiger partial charge in [0.05, 0.1) is 39.3 Å². The number of ether oxygens (including phenoxy) is 3. The molecule has 2 aromatic heterocycles. The van der Waals surface area contributed by atoms with Crippen LogP contribution < -0.4 is 14.2 Å². The van der Waals surface area contributed by atoms with Crippen LogP contribution in [0.1, 0.15) is 33.2 Å². The van der Waals surface area contributed by atoms with Crippen LogP contribution in [0.5, 0.6) is 17.2 Å². The number of fused-ring (bicyclic) bond motifs is 5. The Kier molecular flexibility index (Phi) is 7.67. The smallest absolute Gasteiger partial charge is 0.233 e. The van der Waals surface area contributed by atoms with Crippen molar-refractivity contribution in [1.82, 2.24) is 19.7 Å². The molecule has 0 spiro atoms. The van der Waals surface area contributed by atoms with E-state index in [9.17, 15) is 4.79 Å². The minimum atomic E-state index is 0.0687. The van der Waals surface area contributed by atoms with Gasteiger partial charge in [-0.15, -0.1) is 33.3 Å². The average Bonchev–Trinajstić information content (AvgIpc) is 3.50. The van der Waals surface area contributed by atoms with Crippen molar-refractivity contribution in [2.45, 2.75) is 31.3 Å². The summed E-state index contributed by atoms with van der Waals surface area (Å²) >= 11 is 9.78. The third kappa shape index (κ3) is 4.96. The van der Waals surface area contributed by atoms with E-state index in [1.54, 1.807) is 32.7 Å². The highest BCUT2D eigenvalue weighted by molar-refractivity contribution is 8.00. The second-order valence-electron chi connectivity index (χ2n) is 9.54. The molecule has 0 N–H and O–H groups in total. The molecule has 0 unspecified atom stereocenters. The first-order chi connectivity index (χ1) is 19.9. The zero-order valence-corrected chi connectivity index (χ0v) is 25.5. The SMILES string of the molecule is COc1cc(SCC(=O)N2CCc3c(sc4c3C(c3ccccc3Cl)=NCc3nnc(C)n3-4)C2)cc(OC)c1OC. The minimum absolute atomic E-state index is 0.0687. The largest absolute Gasteiger partial charge is 0.493 e. The Labute approximate surface area is 251 Å². The molecule has 6 rings (SSSR count). The van der Waals surface area contributed by atoms with E-state index in [4.69, 9.17) is 30.8 Å². The van der Waals surface area contributed by atoms with Gasteiger partial charge in [-0.25, -0.2) is 0 Å². The predicted molar refractivity (Wildman–Crippen MR) is 161 cm³/mol. The molecule has 0 aliphatic carbocycles. The second-order valence-corrected chi connectivity index (χ2v) is 12.1. The summed E-state index contributed by atoms with van der Waals surface area (Å²) in [6.45, 7) is 3.53. The number of thiophene rings is 1. The molecule has 2 aliphatic rings. The van der Waals surface area contributed by atoms with Gasteiger partial charge in [-0.2, -0.15) is 0 Å². The van der Waals surface area contributed by atoms with Crippen LogP contribution in [0.4, 0.5) is 0 Å². The lowest BCUT2D eigenvalue weighted by atomic mass is 9.95.